The fourth-order valence-corrected chi connectivity index (χ4v) is 5.59. The van der Waals surface area contributed by atoms with Gasteiger partial charge in [-0.15, -0.1) is 0 Å². The van der Waals surface area contributed by atoms with Gasteiger partial charge < -0.3 is 25.8 Å². The number of hydrogen-bond acceptors (Lipinski definition) is 10. The highest BCUT2D eigenvalue weighted by molar-refractivity contribution is 6.35. The first-order chi connectivity index (χ1) is 22.4. The number of nitrogens with one attached hydrogen (secondary N) is 3. The van der Waals surface area contributed by atoms with E-state index < -0.39 is 0 Å². The molecule has 0 radical (unpaired) electrons. The zero-order valence-corrected chi connectivity index (χ0v) is 26.9. The van der Waals surface area contributed by atoms with Gasteiger partial charge in [-0.2, -0.15) is 20.1 Å². The lowest BCUT2D eigenvalue weighted by Crippen LogP contribution is -2.18. The minimum Gasteiger partial charge on any atom is -0.497 e. The van der Waals surface area contributed by atoms with Gasteiger partial charge in [0.05, 0.1) is 31.2 Å². The maximum absolute atomic E-state index is 9.28. The predicted octanol–water partition coefficient (Wildman–Crippen LogP) is 8.09. The first-order valence-electron chi connectivity index (χ1n) is 14.3. The van der Waals surface area contributed by atoms with E-state index in [2.05, 4.69) is 30.9 Å². The van der Waals surface area contributed by atoms with Crippen LogP contribution in [0.4, 0.5) is 34.9 Å². The predicted molar refractivity (Wildman–Crippen MR) is 186 cm³/mol. The van der Waals surface area contributed by atoms with Crippen LogP contribution in [0.2, 0.25) is 15.1 Å². The van der Waals surface area contributed by atoms with Crippen LogP contribution < -0.4 is 25.7 Å². The fourth-order valence-electron chi connectivity index (χ4n) is 4.95. The Morgan fingerprint density at radius 3 is 1.93 bits per heavy atom. The molecule has 1 aliphatic rings. The monoisotopic (exact) mass is 674 g/mol. The third kappa shape index (κ3) is 7.60. The first-order valence-corrected chi connectivity index (χ1v) is 15.5. The molecule has 0 aliphatic carbocycles. The van der Waals surface area contributed by atoms with Crippen molar-refractivity contribution in [3.8, 4) is 5.75 Å². The van der Waals surface area contributed by atoms with Gasteiger partial charge in [-0.3, -0.25) is 5.01 Å². The van der Waals surface area contributed by atoms with Crippen molar-refractivity contribution in [1.29, 1.82) is 0 Å². The molecule has 4 aromatic carbocycles. The lowest BCUT2D eigenvalue weighted by molar-refractivity contribution is 0.311. The molecular formula is C33H29Cl3N8O2. The van der Waals surface area contributed by atoms with E-state index in [0.717, 1.165) is 39.7 Å². The molecule has 13 heteroatoms. The molecular weight excluding hydrogens is 647 g/mol. The molecule has 234 valence electrons. The summed E-state index contributed by atoms with van der Waals surface area (Å²) in [4.78, 5) is 13.4. The maximum atomic E-state index is 9.28. The third-order valence-corrected chi connectivity index (χ3v) is 7.82. The quantitative estimate of drug-likeness (QED) is 0.110. The zero-order chi connectivity index (χ0) is 32.0. The van der Waals surface area contributed by atoms with Crippen molar-refractivity contribution in [2.45, 2.75) is 12.5 Å². The van der Waals surface area contributed by atoms with Gasteiger partial charge in [-0.1, -0.05) is 59.1 Å². The number of benzene rings is 4. The number of nitrogens with zero attached hydrogens (tertiary/aromatic N) is 5. The minimum absolute atomic E-state index is 0.0686. The Labute approximate surface area is 281 Å². The second-order valence-electron chi connectivity index (χ2n) is 10.3. The lowest BCUT2D eigenvalue weighted by atomic mass is 9.98. The van der Waals surface area contributed by atoms with Gasteiger partial charge in [0.2, 0.25) is 17.8 Å². The number of aliphatic hydroxyl groups excluding tert-OH is 1. The Morgan fingerprint density at radius 1 is 0.761 bits per heavy atom. The number of hydrogen-bond donors (Lipinski definition) is 4. The van der Waals surface area contributed by atoms with Gasteiger partial charge in [0, 0.05) is 39.4 Å². The van der Waals surface area contributed by atoms with E-state index in [1.54, 1.807) is 25.3 Å². The third-order valence-electron chi connectivity index (χ3n) is 7.13. The summed E-state index contributed by atoms with van der Waals surface area (Å²) in [5.74, 6) is 1.74. The van der Waals surface area contributed by atoms with Crippen LogP contribution in [0.25, 0.3) is 0 Å². The average Bonchev–Trinajstić information content (AvgIpc) is 3.50. The molecule has 1 aromatic heterocycles. The summed E-state index contributed by atoms with van der Waals surface area (Å²) in [7, 11) is 1.65. The molecule has 0 bridgehead atoms. The Kier molecular flexibility index (Phi) is 9.70. The van der Waals surface area contributed by atoms with E-state index >= 15 is 0 Å². The molecule has 0 saturated heterocycles. The number of aromatic nitrogens is 3. The van der Waals surface area contributed by atoms with E-state index in [4.69, 9.17) is 44.6 Å². The molecule has 46 heavy (non-hydrogen) atoms. The van der Waals surface area contributed by atoms with E-state index in [0.29, 0.717) is 39.3 Å². The van der Waals surface area contributed by atoms with Gasteiger partial charge in [0.1, 0.15) is 5.75 Å². The largest absolute Gasteiger partial charge is 0.497 e. The summed E-state index contributed by atoms with van der Waals surface area (Å²) in [6, 6.07) is 28.4. The fraction of sp³-hybridized carbons (Fsp3) is 0.152. The van der Waals surface area contributed by atoms with Crippen LogP contribution in [0.1, 0.15) is 23.6 Å². The normalized spacial score (nSPS) is 14.2. The van der Waals surface area contributed by atoms with E-state index in [-0.39, 0.29) is 19.2 Å². The number of rotatable bonds is 11. The topological polar surface area (TPSA) is 120 Å². The second-order valence-corrected chi connectivity index (χ2v) is 11.6. The van der Waals surface area contributed by atoms with Gasteiger partial charge in [-0.05, 0) is 77.9 Å². The molecule has 0 fully saturated rings. The summed E-state index contributed by atoms with van der Waals surface area (Å²) in [5.41, 5.74) is 5.29. The van der Waals surface area contributed by atoms with Crippen molar-refractivity contribution in [2.24, 2.45) is 5.10 Å². The number of hydrazone groups is 1. The Bertz CT molecular complexity index is 1820. The summed E-state index contributed by atoms with van der Waals surface area (Å²) in [5, 5.41) is 27.4. The van der Waals surface area contributed by atoms with Crippen LogP contribution in [0.5, 0.6) is 5.75 Å². The molecule has 2 heterocycles. The molecule has 0 saturated carbocycles. The molecule has 1 unspecified atom stereocenters. The highest BCUT2D eigenvalue weighted by Crippen LogP contribution is 2.39. The molecule has 1 atom stereocenters. The van der Waals surface area contributed by atoms with E-state index in [1.165, 1.54) is 0 Å². The smallest absolute Gasteiger partial charge is 0.233 e. The number of methoxy groups -OCH3 is 1. The van der Waals surface area contributed by atoms with Crippen molar-refractivity contribution in [3.63, 3.8) is 0 Å². The van der Waals surface area contributed by atoms with Crippen LogP contribution >= 0.6 is 34.8 Å². The number of anilines is 6. The SMILES string of the molecule is COc1ccc(C2CC(c3ccc(Nc4nc(NCCO)nc(Nc5ccc(Cl)cc5)n4)cc3)=NN2c2cc(Cl)cc(Cl)c2)cc1. The molecule has 0 amide bonds. The molecule has 6 rings (SSSR count). The Morgan fingerprint density at radius 2 is 1.35 bits per heavy atom. The highest BCUT2D eigenvalue weighted by atomic mass is 35.5. The van der Waals surface area contributed by atoms with Gasteiger partial charge >= 0.3 is 0 Å². The highest BCUT2D eigenvalue weighted by Gasteiger charge is 2.30. The average molecular weight is 676 g/mol. The number of aliphatic hydroxyl groups is 1. The van der Waals surface area contributed by atoms with Gasteiger partial charge in [0.25, 0.3) is 0 Å². The molecule has 0 spiro atoms. The number of ether oxygens (including phenoxy) is 1. The van der Waals surface area contributed by atoms with E-state index in [1.807, 2.05) is 77.8 Å². The van der Waals surface area contributed by atoms with Crippen molar-refractivity contribution in [2.75, 3.05) is 41.2 Å². The summed E-state index contributed by atoms with van der Waals surface area (Å²) in [6.07, 6.45) is 0.663. The second kappa shape index (κ2) is 14.2. The van der Waals surface area contributed by atoms with Crippen LogP contribution in [0.3, 0.4) is 0 Å². The van der Waals surface area contributed by atoms with Crippen molar-refractivity contribution >= 4 is 75.4 Å². The van der Waals surface area contributed by atoms with Crippen molar-refractivity contribution in [1.82, 2.24) is 15.0 Å². The van der Waals surface area contributed by atoms with Crippen LogP contribution in [0, 0.1) is 0 Å². The molecule has 10 nitrogen and oxygen atoms in total. The maximum Gasteiger partial charge on any atom is 0.233 e. The zero-order valence-electron chi connectivity index (χ0n) is 24.6. The summed E-state index contributed by atoms with van der Waals surface area (Å²) in [6.45, 7) is 0.220. The molecule has 1 aliphatic heterocycles. The van der Waals surface area contributed by atoms with Crippen LogP contribution in [-0.2, 0) is 0 Å². The van der Waals surface area contributed by atoms with Crippen molar-refractivity contribution < 1.29 is 9.84 Å². The Balaban J connectivity index is 1.24. The van der Waals surface area contributed by atoms with Gasteiger partial charge in [0.15, 0.2) is 0 Å². The summed E-state index contributed by atoms with van der Waals surface area (Å²) >= 11 is 18.8. The van der Waals surface area contributed by atoms with Crippen LogP contribution in [0.15, 0.2) is 96.1 Å². The van der Waals surface area contributed by atoms with Gasteiger partial charge in [-0.25, -0.2) is 0 Å². The van der Waals surface area contributed by atoms with E-state index in [9.17, 15) is 5.11 Å². The standard InChI is InChI=1S/C33H29Cl3N8O2/c1-46-28-12-4-21(5-13-28)30-19-29(43-44(30)27-17-23(35)16-24(36)18-27)20-2-8-25(9-3-20)38-32-40-31(37-14-15-45)41-33(42-32)39-26-10-6-22(34)7-11-26/h2-13,16-18,30,45H,14-15,19H2,1H3,(H3,37,38,39,40,41,42). The molecule has 4 N–H and O–H groups in total. The minimum atomic E-state index is -0.0742. The number of halogens is 3. The molecule has 5 aromatic rings. The lowest BCUT2D eigenvalue weighted by Gasteiger charge is -2.24. The Hall–Kier alpha value is -4.61. The van der Waals surface area contributed by atoms with Crippen molar-refractivity contribution in [3.05, 3.63) is 117 Å². The van der Waals surface area contributed by atoms with Crippen LogP contribution in [-0.4, -0.2) is 46.0 Å². The summed E-state index contributed by atoms with van der Waals surface area (Å²) < 4.78 is 5.36. The first kappa shape index (κ1) is 31.4.